The number of hydrogen-bond acceptors (Lipinski definition) is 7. The number of hydrogen-bond donors (Lipinski definition) is 2. The predicted octanol–water partition coefficient (Wildman–Crippen LogP) is 4.45. The summed E-state index contributed by atoms with van der Waals surface area (Å²) in [5.74, 6) is -0.820. The van der Waals surface area contributed by atoms with E-state index in [0.29, 0.717) is 16.9 Å². The molecule has 3 N–H and O–H groups in total. The number of carbonyl (C=O) groups excluding carboxylic acids is 2. The van der Waals surface area contributed by atoms with Gasteiger partial charge in [-0.3, -0.25) is 4.79 Å². The third kappa shape index (κ3) is 5.45. The molecule has 0 saturated heterocycles. The van der Waals surface area contributed by atoms with E-state index in [0.717, 1.165) is 42.1 Å². The van der Waals surface area contributed by atoms with Crippen LogP contribution in [-0.2, 0) is 21.8 Å². The molecular weight excluding hydrogens is 530 g/mol. The fraction of sp³-hybridized carbons (Fsp3) is 0.267. The molecule has 1 saturated carbocycles. The van der Waals surface area contributed by atoms with Gasteiger partial charge in [-0.2, -0.15) is 0 Å². The van der Waals surface area contributed by atoms with Crippen LogP contribution in [0.15, 0.2) is 77.8 Å². The van der Waals surface area contributed by atoms with Crippen LogP contribution in [0.3, 0.4) is 0 Å². The SMILES string of the molecule is COc1cc(C(=O)NS(=O)(=O)c2ccccc2)ccc1C(N)c1cn(C)c2ccc(C(=O)OC3CCCC3)cc12. The molecule has 40 heavy (non-hydrogen) atoms. The summed E-state index contributed by atoms with van der Waals surface area (Å²) in [4.78, 5) is 25.6. The number of rotatable bonds is 8. The average Bonchev–Trinajstić information content (AvgIpc) is 3.59. The third-order valence-electron chi connectivity index (χ3n) is 7.28. The summed E-state index contributed by atoms with van der Waals surface area (Å²) >= 11 is 0. The van der Waals surface area contributed by atoms with Gasteiger partial charge in [-0.25, -0.2) is 17.9 Å². The number of nitrogens with two attached hydrogens (primary N) is 1. The van der Waals surface area contributed by atoms with Gasteiger partial charge < -0.3 is 19.8 Å². The Morgan fingerprint density at radius 1 is 0.975 bits per heavy atom. The van der Waals surface area contributed by atoms with Crippen molar-refractivity contribution in [2.75, 3.05) is 7.11 Å². The number of ether oxygens (including phenoxy) is 2. The van der Waals surface area contributed by atoms with Crippen LogP contribution in [0.5, 0.6) is 5.75 Å². The second-order valence-corrected chi connectivity index (χ2v) is 11.6. The molecule has 0 radical (unpaired) electrons. The van der Waals surface area contributed by atoms with Crippen LogP contribution in [-0.4, -0.2) is 38.1 Å². The molecular formula is C30H31N3O6S. The van der Waals surface area contributed by atoms with E-state index in [1.165, 1.54) is 31.4 Å². The van der Waals surface area contributed by atoms with E-state index in [1.807, 2.05) is 23.9 Å². The Morgan fingerprint density at radius 2 is 1.68 bits per heavy atom. The normalized spacial score (nSPS) is 14.7. The smallest absolute Gasteiger partial charge is 0.338 e. The Kier molecular flexibility index (Phi) is 7.64. The van der Waals surface area contributed by atoms with Crippen molar-refractivity contribution in [1.82, 2.24) is 9.29 Å². The topological polar surface area (TPSA) is 130 Å². The van der Waals surface area contributed by atoms with Crippen molar-refractivity contribution in [3.8, 4) is 5.75 Å². The van der Waals surface area contributed by atoms with Gasteiger partial charge >= 0.3 is 5.97 Å². The number of aryl methyl sites for hydroxylation is 1. The van der Waals surface area contributed by atoms with E-state index in [-0.39, 0.29) is 22.5 Å². The number of benzene rings is 3. The number of nitrogens with zero attached hydrogens (tertiary/aromatic N) is 1. The zero-order valence-electron chi connectivity index (χ0n) is 22.3. The highest BCUT2D eigenvalue weighted by atomic mass is 32.2. The van der Waals surface area contributed by atoms with E-state index >= 15 is 0 Å². The molecule has 1 aliphatic rings. The lowest BCUT2D eigenvalue weighted by molar-refractivity contribution is 0.0318. The van der Waals surface area contributed by atoms with Crippen LogP contribution < -0.4 is 15.2 Å². The maximum atomic E-state index is 12.8. The molecule has 1 unspecified atom stereocenters. The molecule has 1 aromatic heterocycles. The number of aromatic nitrogens is 1. The Bertz CT molecular complexity index is 1670. The van der Waals surface area contributed by atoms with Crippen molar-refractivity contribution >= 4 is 32.8 Å². The maximum absolute atomic E-state index is 12.8. The zero-order chi connectivity index (χ0) is 28.4. The van der Waals surface area contributed by atoms with E-state index in [4.69, 9.17) is 15.2 Å². The van der Waals surface area contributed by atoms with Gasteiger partial charge in [0.1, 0.15) is 11.9 Å². The standard InChI is InChI=1S/C30H31N3O6S/c1-33-18-25(24-16-20(13-15-26(24)33)30(35)39-21-8-6-7-9-21)28(31)23-14-12-19(17-27(23)38-2)29(34)32-40(36,37)22-10-4-3-5-11-22/h3-5,10-18,21,28H,6-9,31H2,1-2H3,(H,32,34). The summed E-state index contributed by atoms with van der Waals surface area (Å²) in [6.07, 6.45) is 5.78. The first-order valence-electron chi connectivity index (χ1n) is 13.0. The van der Waals surface area contributed by atoms with Crippen molar-refractivity contribution in [2.45, 2.75) is 42.7 Å². The lowest BCUT2D eigenvalue weighted by Gasteiger charge is -2.17. The summed E-state index contributed by atoms with van der Waals surface area (Å²) in [5, 5.41) is 0.800. The Balaban J connectivity index is 1.42. The third-order valence-corrected chi connectivity index (χ3v) is 8.63. The second kappa shape index (κ2) is 11.1. The van der Waals surface area contributed by atoms with Crippen molar-refractivity contribution < 1.29 is 27.5 Å². The van der Waals surface area contributed by atoms with Crippen LogP contribution in [0.4, 0.5) is 0 Å². The lowest BCUT2D eigenvalue weighted by atomic mass is 9.96. The monoisotopic (exact) mass is 561 g/mol. The molecule has 10 heteroatoms. The van der Waals surface area contributed by atoms with Crippen LogP contribution in [0.25, 0.3) is 10.9 Å². The molecule has 208 valence electrons. The van der Waals surface area contributed by atoms with Gasteiger partial charge in [0.25, 0.3) is 15.9 Å². The fourth-order valence-corrected chi connectivity index (χ4v) is 6.13. The number of amides is 1. The van der Waals surface area contributed by atoms with E-state index in [9.17, 15) is 18.0 Å². The highest BCUT2D eigenvalue weighted by molar-refractivity contribution is 7.90. The van der Waals surface area contributed by atoms with Crippen molar-refractivity contribution in [3.63, 3.8) is 0 Å². The first kappa shape index (κ1) is 27.4. The van der Waals surface area contributed by atoms with Crippen molar-refractivity contribution in [3.05, 3.63) is 95.2 Å². The number of nitrogens with one attached hydrogen (secondary N) is 1. The van der Waals surface area contributed by atoms with Crippen molar-refractivity contribution in [1.29, 1.82) is 0 Å². The first-order chi connectivity index (χ1) is 19.2. The molecule has 1 fully saturated rings. The van der Waals surface area contributed by atoms with E-state index in [2.05, 4.69) is 4.72 Å². The van der Waals surface area contributed by atoms with Gasteiger partial charge in [-0.05, 0) is 73.7 Å². The van der Waals surface area contributed by atoms with Gasteiger partial charge in [-0.15, -0.1) is 0 Å². The minimum Gasteiger partial charge on any atom is -0.496 e. The van der Waals surface area contributed by atoms with Crippen LogP contribution in [0.2, 0.25) is 0 Å². The Labute approximate surface area is 232 Å². The first-order valence-corrected chi connectivity index (χ1v) is 14.5. The number of methoxy groups -OCH3 is 1. The van der Waals surface area contributed by atoms with Gasteiger partial charge in [0, 0.05) is 35.3 Å². The highest BCUT2D eigenvalue weighted by Crippen LogP contribution is 2.35. The van der Waals surface area contributed by atoms with E-state index < -0.39 is 22.0 Å². The Morgan fingerprint density at radius 3 is 2.38 bits per heavy atom. The highest BCUT2D eigenvalue weighted by Gasteiger charge is 2.24. The maximum Gasteiger partial charge on any atom is 0.338 e. The van der Waals surface area contributed by atoms with Gasteiger partial charge in [0.05, 0.1) is 23.6 Å². The molecule has 4 aromatic rings. The summed E-state index contributed by atoms with van der Waals surface area (Å²) in [6, 6.07) is 17.0. The molecule has 1 aliphatic carbocycles. The van der Waals surface area contributed by atoms with Crippen LogP contribution >= 0.6 is 0 Å². The van der Waals surface area contributed by atoms with Gasteiger partial charge in [0.15, 0.2) is 0 Å². The zero-order valence-corrected chi connectivity index (χ0v) is 23.1. The molecule has 5 rings (SSSR count). The summed E-state index contributed by atoms with van der Waals surface area (Å²) < 4.78 is 40.5. The lowest BCUT2D eigenvalue weighted by Crippen LogP contribution is -2.30. The molecule has 3 aromatic carbocycles. The molecule has 0 aliphatic heterocycles. The summed E-state index contributed by atoms with van der Waals surface area (Å²) in [6.45, 7) is 0. The molecule has 1 atom stereocenters. The molecule has 1 heterocycles. The second-order valence-electron chi connectivity index (χ2n) is 9.92. The minimum absolute atomic E-state index is 0.0172. The largest absolute Gasteiger partial charge is 0.496 e. The van der Waals surface area contributed by atoms with Crippen LogP contribution in [0, 0.1) is 0 Å². The Hall–Kier alpha value is -4.15. The summed E-state index contributed by atoms with van der Waals surface area (Å²) in [7, 11) is -0.695. The van der Waals surface area contributed by atoms with Crippen LogP contribution in [0.1, 0.15) is 63.6 Å². The molecule has 0 bridgehead atoms. The molecule has 9 nitrogen and oxygen atoms in total. The minimum atomic E-state index is -4.04. The number of sulfonamides is 1. The van der Waals surface area contributed by atoms with Crippen molar-refractivity contribution in [2.24, 2.45) is 12.8 Å². The quantitative estimate of drug-likeness (QED) is 0.304. The summed E-state index contributed by atoms with van der Waals surface area (Å²) in [5.41, 5.74) is 9.53. The average molecular weight is 562 g/mol. The van der Waals surface area contributed by atoms with E-state index in [1.54, 1.807) is 36.4 Å². The number of carbonyl (C=O) groups is 2. The van der Waals surface area contributed by atoms with Gasteiger partial charge in [-0.1, -0.05) is 24.3 Å². The predicted molar refractivity (Wildman–Crippen MR) is 151 cm³/mol. The number of fused-ring (bicyclic) bond motifs is 1. The number of esters is 1. The fourth-order valence-electron chi connectivity index (χ4n) is 5.14. The molecule has 0 spiro atoms. The molecule has 1 amide bonds. The van der Waals surface area contributed by atoms with Gasteiger partial charge in [0.2, 0.25) is 0 Å².